The lowest BCUT2D eigenvalue weighted by atomic mass is 9.69. The molecule has 2 saturated carbocycles. The molecule has 0 bridgehead atoms. The fourth-order valence-corrected chi connectivity index (χ4v) is 3.55. The summed E-state index contributed by atoms with van der Waals surface area (Å²) >= 11 is 0. The molecule has 0 aromatic heterocycles. The van der Waals surface area contributed by atoms with E-state index in [1.54, 1.807) is 0 Å². The second kappa shape index (κ2) is 5.35. The van der Waals surface area contributed by atoms with Crippen LogP contribution in [-0.2, 0) is 0 Å². The Balaban J connectivity index is 0.00000112. The molecule has 0 aromatic carbocycles. The van der Waals surface area contributed by atoms with E-state index < -0.39 is 0 Å². The molecule has 2 heteroatoms. The zero-order valence-electron chi connectivity index (χ0n) is 10.5. The Kier molecular flexibility index (Phi) is 4.90. The fourth-order valence-electron chi connectivity index (χ4n) is 3.55. The van der Waals surface area contributed by atoms with Gasteiger partial charge in [0.1, 0.15) is 0 Å². The molecule has 2 fully saturated rings. The highest BCUT2D eigenvalue weighted by Gasteiger charge is 2.37. The molecule has 3 atom stereocenters. The van der Waals surface area contributed by atoms with Gasteiger partial charge in [0.2, 0.25) is 0 Å². The van der Waals surface area contributed by atoms with E-state index >= 15 is 0 Å². The van der Waals surface area contributed by atoms with Crippen LogP contribution >= 0.6 is 0 Å². The first-order valence-corrected chi connectivity index (χ1v) is 6.38. The quantitative estimate of drug-likeness (QED) is 0.473. The van der Waals surface area contributed by atoms with Crippen LogP contribution in [0.5, 0.6) is 0 Å². The molecule has 1 nitrogen and oxygen atoms in total. The Morgan fingerprint density at radius 3 is 2.00 bits per heavy atom. The van der Waals surface area contributed by atoms with E-state index in [9.17, 15) is 0 Å². The van der Waals surface area contributed by atoms with Crippen LogP contribution in [-0.4, -0.2) is 31.7 Å². The lowest BCUT2D eigenvalue weighted by Gasteiger charge is -2.44. The van der Waals surface area contributed by atoms with Gasteiger partial charge in [-0.25, -0.2) is 0 Å². The Morgan fingerprint density at radius 1 is 0.800 bits per heavy atom. The maximum Gasteiger partial charge on any atom is 0.0887 e. The smallest absolute Gasteiger partial charge is 0.0887 e. The van der Waals surface area contributed by atoms with Crippen LogP contribution in [0.1, 0.15) is 44.9 Å². The maximum absolute atomic E-state index is 2.37. The van der Waals surface area contributed by atoms with Crippen LogP contribution in [0.15, 0.2) is 0 Å². The molecule has 2 aliphatic carbocycles. The number of quaternary nitrogens is 1. The summed E-state index contributed by atoms with van der Waals surface area (Å²) in [5, 5.41) is 0. The van der Waals surface area contributed by atoms with Crippen molar-refractivity contribution in [1.82, 2.24) is 0 Å². The summed E-state index contributed by atoms with van der Waals surface area (Å²) in [6.45, 7) is 0. The first kappa shape index (κ1) is 13.8. The normalized spacial score (nSPS) is 36.6. The van der Waals surface area contributed by atoms with E-state index in [-0.39, 0.29) is 24.0 Å². The van der Waals surface area contributed by atoms with Crippen LogP contribution in [0.4, 0.5) is 0 Å². The molecule has 0 spiro atoms. The fraction of sp³-hybridized carbons (Fsp3) is 1.00. The zero-order valence-corrected chi connectivity index (χ0v) is 12.7. The molecular weight excluding hydrogens is 297 g/mol. The molecule has 90 valence electrons. The summed E-state index contributed by atoms with van der Waals surface area (Å²) in [6.07, 6.45) is 10.6. The summed E-state index contributed by atoms with van der Waals surface area (Å²) in [4.78, 5) is 0. The Hall–Kier alpha value is 0.690. The first-order valence-electron chi connectivity index (χ1n) is 6.38. The van der Waals surface area contributed by atoms with Crippen LogP contribution in [0.2, 0.25) is 0 Å². The average Bonchev–Trinajstić information content (AvgIpc) is 2.16. The van der Waals surface area contributed by atoms with Gasteiger partial charge in [0.05, 0.1) is 27.2 Å². The highest BCUT2D eigenvalue weighted by molar-refractivity contribution is 4.83. The van der Waals surface area contributed by atoms with Gasteiger partial charge in [-0.1, -0.05) is 19.3 Å². The predicted molar refractivity (Wildman–Crippen MR) is 61.1 cm³/mol. The van der Waals surface area contributed by atoms with Crippen molar-refractivity contribution in [2.75, 3.05) is 21.1 Å². The summed E-state index contributed by atoms with van der Waals surface area (Å²) in [7, 11) is 7.11. The number of nitrogens with zero attached hydrogens (tertiary/aromatic N) is 1. The molecule has 0 radical (unpaired) electrons. The minimum absolute atomic E-state index is 0. The molecule has 0 aliphatic heterocycles. The van der Waals surface area contributed by atoms with Crippen molar-refractivity contribution < 1.29 is 28.5 Å². The van der Waals surface area contributed by atoms with Gasteiger partial charge in [0.15, 0.2) is 0 Å². The standard InChI is InChI=1S/C13H26N.HI/c1-14(2,3)13-9-8-11-6-4-5-7-12(11)10-13;/h11-13H,4-10H2,1-3H3;1H/q+1;/p-1/t11?,12?,13-;/m1./s1. The second-order valence-electron chi connectivity index (χ2n) is 6.39. The highest BCUT2D eigenvalue weighted by Crippen LogP contribution is 2.42. The monoisotopic (exact) mass is 323 g/mol. The van der Waals surface area contributed by atoms with E-state index in [4.69, 9.17) is 0 Å². The number of halogens is 1. The van der Waals surface area contributed by atoms with Crippen molar-refractivity contribution in [3.8, 4) is 0 Å². The first-order chi connectivity index (χ1) is 6.57. The van der Waals surface area contributed by atoms with Crippen LogP contribution in [0, 0.1) is 11.8 Å². The van der Waals surface area contributed by atoms with Crippen molar-refractivity contribution in [1.29, 1.82) is 0 Å². The van der Waals surface area contributed by atoms with E-state index in [0.29, 0.717) is 0 Å². The van der Waals surface area contributed by atoms with Gasteiger partial charge >= 0.3 is 0 Å². The predicted octanol–water partition coefficient (Wildman–Crippen LogP) is 0.0555. The molecule has 0 saturated heterocycles. The summed E-state index contributed by atoms with van der Waals surface area (Å²) in [5.41, 5.74) is 0. The molecular formula is C13H26IN. The zero-order chi connectivity index (χ0) is 10.2. The molecule has 0 heterocycles. The number of fused-ring (bicyclic) bond motifs is 1. The SMILES string of the molecule is C[N+](C)(C)[C@@H]1CCC2CCCCC2C1.[I-]. The summed E-state index contributed by atoms with van der Waals surface area (Å²) in [5.74, 6) is 2.19. The van der Waals surface area contributed by atoms with Crippen molar-refractivity contribution in [3.05, 3.63) is 0 Å². The highest BCUT2D eigenvalue weighted by atomic mass is 127. The lowest BCUT2D eigenvalue weighted by Crippen LogP contribution is -3.00. The molecule has 0 amide bonds. The summed E-state index contributed by atoms with van der Waals surface area (Å²) in [6, 6.07) is 0.939. The Morgan fingerprint density at radius 2 is 1.40 bits per heavy atom. The lowest BCUT2D eigenvalue weighted by molar-refractivity contribution is -0.898. The van der Waals surface area contributed by atoms with Gasteiger partial charge in [0, 0.05) is 6.42 Å². The summed E-state index contributed by atoms with van der Waals surface area (Å²) < 4.78 is 1.18. The van der Waals surface area contributed by atoms with Crippen molar-refractivity contribution >= 4 is 0 Å². The molecule has 2 aliphatic rings. The van der Waals surface area contributed by atoms with Crippen LogP contribution in [0.25, 0.3) is 0 Å². The van der Waals surface area contributed by atoms with Gasteiger partial charge in [-0.05, 0) is 31.1 Å². The molecule has 2 rings (SSSR count). The largest absolute Gasteiger partial charge is 1.00 e. The van der Waals surface area contributed by atoms with Crippen LogP contribution in [0.3, 0.4) is 0 Å². The molecule has 0 N–H and O–H groups in total. The minimum Gasteiger partial charge on any atom is -1.00 e. The topological polar surface area (TPSA) is 0 Å². The maximum atomic E-state index is 2.37. The number of rotatable bonds is 1. The van der Waals surface area contributed by atoms with Gasteiger partial charge in [-0.2, -0.15) is 0 Å². The Bertz CT molecular complexity index is 197. The molecule has 2 unspecified atom stereocenters. The Labute approximate surface area is 112 Å². The van der Waals surface area contributed by atoms with E-state index in [1.807, 2.05) is 0 Å². The average molecular weight is 323 g/mol. The van der Waals surface area contributed by atoms with E-state index in [1.165, 1.54) is 49.4 Å². The van der Waals surface area contributed by atoms with Crippen molar-refractivity contribution in [2.24, 2.45) is 11.8 Å². The minimum atomic E-state index is 0. The molecule has 15 heavy (non-hydrogen) atoms. The van der Waals surface area contributed by atoms with E-state index in [0.717, 1.165) is 17.9 Å². The van der Waals surface area contributed by atoms with Crippen molar-refractivity contribution in [2.45, 2.75) is 51.0 Å². The third kappa shape index (κ3) is 3.32. The number of hydrogen-bond acceptors (Lipinski definition) is 0. The van der Waals surface area contributed by atoms with Gasteiger partial charge in [-0.3, -0.25) is 0 Å². The second-order valence-corrected chi connectivity index (χ2v) is 6.39. The van der Waals surface area contributed by atoms with Gasteiger partial charge < -0.3 is 28.5 Å². The van der Waals surface area contributed by atoms with E-state index in [2.05, 4.69) is 21.1 Å². The third-order valence-electron chi connectivity index (χ3n) is 4.61. The van der Waals surface area contributed by atoms with Crippen molar-refractivity contribution in [3.63, 3.8) is 0 Å². The van der Waals surface area contributed by atoms with Gasteiger partial charge in [-0.15, -0.1) is 0 Å². The van der Waals surface area contributed by atoms with Gasteiger partial charge in [0.25, 0.3) is 0 Å². The molecule has 0 aromatic rings. The number of hydrogen-bond donors (Lipinski definition) is 0. The van der Waals surface area contributed by atoms with Crippen LogP contribution < -0.4 is 24.0 Å². The third-order valence-corrected chi connectivity index (χ3v) is 4.61.